The normalized spacial score (nSPS) is 37.3. The number of ether oxygens (including phenoxy) is 6. The van der Waals surface area contributed by atoms with E-state index in [1.54, 1.807) is 27.7 Å². The van der Waals surface area contributed by atoms with Crippen molar-refractivity contribution in [3.05, 3.63) is 0 Å². The van der Waals surface area contributed by atoms with E-state index >= 15 is 0 Å². The van der Waals surface area contributed by atoms with Crippen LogP contribution >= 0.6 is 0 Å². The molecule has 0 radical (unpaired) electrons. The zero-order valence-corrected chi connectivity index (χ0v) is 16.6. The Labute approximate surface area is 158 Å². The van der Waals surface area contributed by atoms with E-state index in [2.05, 4.69) is 0 Å². The molecule has 1 N–H and O–H groups in total. The maximum atomic E-state index is 12.2. The molecule has 0 spiro atoms. The third-order valence-corrected chi connectivity index (χ3v) is 5.28. The molecule has 5 atom stereocenters. The van der Waals surface area contributed by atoms with Gasteiger partial charge in [-0.3, -0.25) is 9.35 Å². The van der Waals surface area contributed by atoms with Gasteiger partial charge in [-0.05, 0) is 34.1 Å². The van der Waals surface area contributed by atoms with Crippen LogP contribution in [-0.4, -0.2) is 73.6 Å². The van der Waals surface area contributed by atoms with Crippen LogP contribution in [0.15, 0.2) is 0 Å². The van der Waals surface area contributed by atoms with Crippen molar-refractivity contribution < 1.29 is 46.2 Å². The first-order valence-electron chi connectivity index (χ1n) is 8.83. The average molecular weight is 410 g/mol. The molecule has 10 nitrogen and oxygen atoms in total. The van der Waals surface area contributed by atoms with Crippen molar-refractivity contribution in [2.24, 2.45) is 0 Å². The van der Waals surface area contributed by atoms with Crippen LogP contribution in [0.2, 0.25) is 0 Å². The van der Waals surface area contributed by atoms with E-state index in [4.69, 9.17) is 33.0 Å². The Hall–Kier alpha value is -0.820. The van der Waals surface area contributed by atoms with E-state index < -0.39 is 64.1 Å². The quantitative estimate of drug-likeness (QED) is 0.491. The lowest BCUT2D eigenvalue weighted by Gasteiger charge is -2.28. The topological polar surface area (TPSA) is 127 Å². The van der Waals surface area contributed by atoms with Gasteiger partial charge in [0, 0.05) is 6.42 Å². The number of rotatable bonds is 6. The van der Waals surface area contributed by atoms with Crippen molar-refractivity contribution in [3.63, 3.8) is 0 Å². The second-order valence-corrected chi connectivity index (χ2v) is 9.35. The number of carbonyl (C=O) groups is 1. The van der Waals surface area contributed by atoms with Crippen LogP contribution in [0.1, 0.15) is 40.5 Å². The van der Waals surface area contributed by atoms with Crippen LogP contribution < -0.4 is 0 Å². The van der Waals surface area contributed by atoms with E-state index in [0.29, 0.717) is 0 Å². The smallest absolute Gasteiger partial charge is 0.306 e. The van der Waals surface area contributed by atoms with E-state index in [1.165, 1.54) is 0 Å². The predicted molar refractivity (Wildman–Crippen MR) is 89.1 cm³/mol. The lowest BCUT2D eigenvalue weighted by atomic mass is 10.1. The Bertz CT molecular complexity index is 673. The van der Waals surface area contributed by atoms with Crippen molar-refractivity contribution in [2.45, 2.75) is 82.8 Å². The Morgan fingerprint density at radius 2 is 1.81 bits per heavy atom. The number of carbonyl (C=O) groups excluding carboxylic acids is 1. The highest BCUT2D eigenvalue weighted by atomic mass is 32.2. The zero-order valence-electron chi connectivity index (χ0n) is 15.7. The SMILES string of the molecule is CC1(C)OCC(C2OC3OC(C)(C)OC3C2OC(=O)CCCS(=O)(=O)O)O1. The van der Waals surface area contributed by atoms with E-state index in [0.717, 1.165) is 0 Å². The Morgan fingerprint density at radius 1 is 1.11 bits per heavy atom. The first kappa shape index (κ1) is 20.9. The van der Waals surface area contributed by atoms with Gasteiger partial charge in [-0.1, -0.05) is 0 Å². The van der Waals surface area contributed by atoms with Crippen molar-refractivity contribution in [2.75, 3.05) is 12.4 Å². The fourth-order valence-electron chi connectivity index (χ4n) is 3.42. The molecule has 3 fully saturated rings. The molecule has 0 saturated carbocycles. The fraction of sp³-hybridized carbons (Fsp3) is 0.938. The molecular formula is C16H26O10S. The maximum absolute atomic E-state index is 12.2. The third kappa shape index (κ3) is 5.17. The lowest BCUT2D eigenvalue weighted by molar-refractivity contribution is -0.235. The Morgan fingerprint density at radius 3 is 2.41 bits per heavy atom. The molecule has 0 amide bonds. The lowest BCUT2D eigenvalue weighted by Crippen LogP contribution is -2.45. The van der Waals surface area contributed by atoms with Gasteiger partial charge in [0.1, 0.15) is 12.2 Å². The molecule has 0 aromatic heterocycles. The maximum Gasteiger partial charge on any atom is 0.306 e. The second-order valence-electron chi connectivity index (χ2n) is 7.78. The number of hydrogen-bond acceptors (Lipinski definition) is 9. The van der Waals surface area contributed by atoms with E-state index in [9.17, 15) is 13.2 Å². The van der Waals surface area contributed by atoms with Crippen LogP contribution in [0.3, 0.4) is 0 Å². The predicted octanol–water partition coefficient (Wildman–Crippen LogP) is 0.594. The van der Waals surface area contributed by atoms with Crippen LogP contribution in [0.4, 0.5) is 0 Å². The zero-order chi connectivity index (χ0) is 20.0. The summed E-state index contributed by atoms with van der Waals surface area (Å²) in [6, 6.07) is 0. The number of fused-ring (bicyclic) bond motifs is 1. The van der Waals surface area contributed by atoms with Gasteiger partial charge < -0.3 is 28.4 Å². The van der Waals surface area contributed by atoms with Crippen LogP contribution in [0.5, 0.6) is 0 Å². The average Bonchev–Trinajstić information content (AvgIpc) is 3.08. The Balaban J connectivity index is 1.66. The van der Waals surface area contributed by atoms with Crippen LogP contribution in [-0.2, 0) is 43.3 Å². The molecule has 0 aromatic rings. The van der Waals surface area contributed by atoms with Crippen LogP contribution in [0.25, 0.3) is 0 Å². The van der Waals surface area contributed by atoms with Crippen molar-refractivity contribution >= 4 is 16.1 Å². The summed E-state index contributed by atoms with van der Waals surface area (Å²) in [6.07, 6.45) is -3.49. The minimum atomic E-state index is -4.13. The molecule has 0 aliphatic carbocycles. The van der Waals surface area contributed by atoms with Crippen LogP contribution in [0, 0.1) is 0 Å². The van der Waals surface area contributed by atoms with Gasteiger partial charge in [0.15, 0.2) is 30.1 Å². The summed E-state index contributed by atoms with van der Waals surface area (Å²) in [5, 5.41) is 0. The highest BCUT2D eigenvalue weighted by Crippen LogP contribution is 2.42. The fourth-order valence-corrected chi connectivity index (χ4v) is 3.93. The summed E-state index contributed by atoms with van der Waals surface area (Å²) >= 11 is 0. The van der Waals surface area contributed by atoms with Gasteiger partial charge in [0.2, 0.25) is 0 Å². The summed E-state index contributed by atoms with van der Waals surface area (Å²) < 4.78 is 64.7. The summed E-state index contributed by atoms with van der Waals surface area (Å²) in [5.74, 6) is -2.80. The first-order chi connectivity index (χ1) is 12.4. The number of hydrogen-bond donors (Lipinski definition) is 1. The van der Waals surface area contributed by atoms with Gasteiger partial charge in [0.25, 0.3) is 10.1 Å². The van der Waals surface area contributed by atoms with E-state index in [-0.39, 0.29) is 19.4 Å². The molecule has 3 aliphatic rings. The molecule has 156 valence electrons. The molecule has 5 unspecified atom stereocenters. The molecule has 0 bridgehead atoms. The van der Waals surface area contributed by atoms with Gasteiger partial charge in [-0.25, -0.2) is 0 Å². The molecule has 3 aliphatic heterocycles. The van der Waals surface area contributed by atoms with Gasteiger partial charge in [0.05, 0.1) is 12.4 Å². The molecular weight excluding hydrogens is 384 g/mol. The van der Waals surface area contributed by atoms with Crippen molar-refractivity contribution in [1.29, 1.82) is 0 Å². The molecule has 11 heteroatoms. The summed E-state index contributed by atoms with van der Waals surface area (Å²) in [6.45, 7) is 7.27. The second kappa shape index (κ2) is 7.21. The van der Waals surface area contributed by atoms with Gasteiger partial charge in [-0.15, -0.1) is 0 Å². The van der Waals surface area contributed by atoms with Gasteiger partial charge in [-0.2, -0.15) is 8.42 Å². The highest BCUT2D eigenvalue weighted by Gasteiger charge is 2.59. The van der Waals surface area contributed by atoms with Crippen molar-refractivity contribution in [3.8, 4) is 0 Å². The molecule has 3 heterocycles. The molecule has 3 saturated heterocycles. The standard InChI is InChI=1S/C16H26O10S/c1-15(2)21-8-9(24-15)11-12(13-14(23-11)26-16(3,4)25-13)22-10(17)6-5-7-27(18,19)20/h9,11-14H,5-8H2,1-4H3,(H,18,19,20). The summed E-state index contributed by atoms with van der Waals surface area (Å²) in [4.78, 5) is 12.2. The molecule has 3 rings (SSSR count). The monoisotopic (exact) mass is 410 g/mol. The largest absolute Gasteiger partial charge is 0.456 e. The number of esters is 1. The summed E-state index contributed by atoms with van der Waals surface area (Å²) in [5.41, 5.74) is 0. The minimum Gasteiger partial charge on any atom is -0.456 e. The summed E-state index contributed by atoms with van der Waals surface area (Å²) in [7, 11) is -4.13. The first-order valence-corrected chi connectivity index (χ1v) is 10.4. The van der Waals surface area contributed by atoms with Gasteiger partial charge >= 0.3 is 5.97 Å². The Kier molecular flexibility index (Phi) is 5.58. The molecule has 0 aromatic carbocycles. The minimum absolute atomic E-state index is 0.0527. The van der Waals surface area contributed by atoms with Crippen molar-refractivity contribution in [1.82, 2.24) is 0 Å². The van der Waals surface area contributed by atoms with E-state index in [1.807, 2.05) is 0 Å². The third-order valence-electron chi connectivity index (χ3n) is 4.47. The highest BCUT2D eigenvalue weighted by molar-refractivity contribution is 7.85. The molecule has 27 heavy (non-hydrogen) atoms.